The van der Waals surface area contributed by atoms with Gasteiger partial charge in [-0.05, 0) is 23.6 Å². The molecule has 0 atom stereocenters. The first kappa shape index (κ1) is 10.9. The molecule has 84 valence electrons. The molecule has 16 heavy (non-hydrogen) atoms. The highest BCUT2D eigenvalue weighted by Gasteiger charge is 2.10. The minimum absolute atomic E-state index is 0.232. The molecule has 2 heterocycles. The van der Waals surface area contributed by atoms with E-state index in [1.807, 2.05) is 34.3 Å². The Hall–Kier alpha value is -1.59. The zero-order valence-electron chi connectivity index (χ0n) is 8.84. The van der Waals surface area contributed by atoms with Crippen molar-refractivity contribution in [1.82, 2.24) is 10.0 Å². The van der Waals surface area contributed by atoms with E-state index in [0.717, 1.165) is 0 Å². The van der Waals surface area contributed by atoms with Gasteiger partial charge in [0.1, 0.15) is 5.69 Å². The molecule has 5 heteroatoms. The highest BCUT2D eigenvalue weighted by atomic mass is 32.1. The lowest BCUT2D eigenvalue weighted by molar-refractivity contribution is 0.0528. The Morgan fingerprint density at radius 1 is 1.50 bits per heavy atom. The fourth-order valence-electron chi connectivity index (χ4n) is 1.47. The molecule has 0 radical (unpaired) electrons. The highest BCUT2D eigenvalue weighted by Crippen LogP contribution is 2.12. The summed E-state index contributed by atoms with van der Waals surface area (Å²) in [4.78, 5) is 17.4. The summed E-state index contributed by atoms with van der Waals surface area (Å²) in [6, 6.07) is 7.65. The fourth-order valence-corrected chi connectivity index (χ4v) is 2.18. The van der Waals surface area contributed by atoms with Gasteiger partial charge in [0, 0.05) is 11.1 Å². The van der Waals surface area contributed by atoms with Gasteiger partial charge in [-0.1, -0.05) is 6.07 Å². The molecule has 1 N–H and O–H groups in total. The van der Waals surface area contributed by atoms with E-state index in [9.17, 15) is 4.79 Å². The molecule has 1 amide bonds. The lowest BCUT2D eigenvalue weighted by Crippen LogP contribution is -2.24. The van der Waals surface area contributed by atoms with Gasteiger partial charge in [-0.15, -0.1) is 11.3 Å². The van der Waals surface area contributed by atoms with Crippen molar-refractivity contribution in [3.8, 4) is 0 Å². The molecule has 2 aromatic heterocycles. The number of amides is 1. The number of nitrogens with one attached hydrogen (secondary N) is 1. The van der Waals surface area contributed by atoms with Crippen molar-refractivity contribution in [3.05, 3.63) is 46.4 Å². The number of aromatic nitrogens is 1. The van der Waals surface area contributed by atoms with Crippen molar-refractivity contribution in [2.45, 2.75) is 6.54 Å². The quantitative estimate of drug-likeness (QED) is 0.824. The Balaban J connectivity index is 2.16. The van der Waals surface area contributed by atoms with Crippen LogP contribution in [0.25, 0.3) is 0 Å². The van der Waals surface area contributed by atoms with Crippen LogP contribution in [0.5, 0.6) is 0 Å². The van der Waals surface area contributed by atoms with Crippen LogP contribution in [-0.2, 0) is 11.4 Å². The van der Waals surface area contributed by atoms with Crippen molar-refractivity contribution < 1.29 is 9.63 Å². The molecule has 0 aliphatic heterocycles. The predicted octanol–water partition coefficient (Wildman–Crippen LogP) is 1.89. The topological polar surface area (TPSA) is 43.3 Å². The molecule has 0 saturated carbocycles. The Morgan fingerprint density at radius 3 is 3.06 bits per heavy atom. The second kappa shape index (κ2) is 4.96. The number of hydrogen-bond acceptors (Lipinski definition) is 3. The molecule has 0 aliphatic carbocycles. The molecule has 0 aromatic carbocycles. The zero-order valence-corrected chi connectivity index (χ0v) is 9.66. The number of hydroxylamine groups is 1. The van der Waals surface area contributed by atoms with Crippen molar-refractivity contribution >= 4 is 17.2 Å². The average molecular weight is 236 g/mol. The third-order valence-electron chi connectivity index (χ3n) is 2.16. The van der Waals surface area contributed by atoms with E-state index in [-0.39, 0.29) is 5.91 Å². The zero-order chi connectivity index (χ0) is 11.4. The summed E-state index contributed by atoms with van der Waals surface area (Å²) in [6.07, 6.45) is 1.88. The van der Waals surface area contributed by atoms with Gasteiger partial charge < -0.3 is 4.57 Å². The van der Waals surface area contributed by atoms with E-state index in [1.165, 1.54) is 12.0 Å². The number of hydrogen-bond donors (Lipinski definition) is 1. The number of rotatable bonds is 4. The molecular weight excluding hydrogens is 224 g/mol. The first-order chi connectivity index (χ1) is 7.81. The van der Waals surface area contributed by atoms with Crippen LogP contribution >= 0.6 is 11.3 Å². The smallest absolute Gasteiger partial charge is 0.291 e. The maximum atomic E-state index is 11.6. The normalized spacial score (nSPS) is 10.3. The number of carbonyl (C=O) groups is 1. The molecule has 0 aliphatic rings. The Kier molecular flexibility index (Phi) is 3.38. The third-order valence-corrected chi connectivity index (χ3v) is 3.02. The summed E-state index contributed by atoms with van der Waals surface area (Å²) in [5.74, 6) is -0.232. The second-order valence-electron chi connectivity index (χ2n) is 3.24. The minimum Gasteiger partial charge on any atom is -0.338 e. The molecule has 0 spiro atoms. The van der Waals surface area contributed by atoms with Gasteiger partial charge in [-0.25, -0.2) is 5.48 Å². The van der Waals surface area contributed by atoms with Crippen molar-refractivity contribution in [2.75, 3.05) is 7.11 Å². The number of thiophene rings is 1. The predicted molar refractivity (Wildman–Crippen MR) is 62.3 cm³/mol. The van der Waals surface area contributed by atoms with Gasteiger partial charge in [0.05, 0.1) is 13.7 Å². The number of nitrogens with zero attached hydrogens (tertiary/aromatic N) is 1. The van der Waals surface area contributed by atoms with Gasteiger partial charge in [0.25, 0.3) is 5.91 Å². The molecule has 0 bridgehead atoms. The minimum atomic E-state index is -0.232. The van der Waals surface area contributed by atoms with Gasteiger partial charge >= 0.3 is 0 Å². The van der Waals surface area contributed by atoms with Gasteiger partial charge in [-0.2, -0.15) is 0 Å². The van der Waals surface area contributed by atoms with Gasteiger partial charge in [0.2, 0.25) is 0 Å². The summed E-state index contributed by atoms with van der Waals surface area (Å²) >= 11 is 1.67. The largest absolute Gasteiger partial charge is 0.338 e. The van der Waals surface area contributed by atoms with Gasteiger partial charge in [0.15, 0.2) is 0 Å². The molecule has 0 unspecified atom stereocenters. The summed E-state index contributed by atoms with van der Waals surface area (Å²) < 4.78 is 1.89. The fraction of sp³-hybridized carbons (Fsp3) is 0.182. The summed E-state index contributed by atoms with van der Waals surface area (Å²) in [7, 11) is 1.42. The van der Waals surface area contributed by atoms with E-state index in [1.54, 1.807) is 17.4 Å². The molecule has 0 fully saturated rings. The van der Waals surface area contributed by atoms with Crippen molar-refractivity contribution in [2.24, 2.45) is 0 Å². The third kappa shape index (κ3) is 2.32. The highest BCUT2D eigenvalue weighted by molar-refractivity contribution is 7.09. The average Bonchev–Trinajstić information content (AvgIpc) is 2.90. The molecule has 2 aromatic rings. The van der Waals surface area contributed by atoms with E-state index < -0.39 is 0 Å². The Morgan fingerprint density at radius 2 is 2.38 bits per heavy atom. The lowest BCUT2D eigenvalue weighted by atomic mass is 10.4. The van der Waals surface area contributed by atoms with Crippen LogP contribution in [-0.4, -0.2) is 17.6 Å². The van der Waals surface area contributed by atoms with Crippen molar-refractivity contribution in [1.29, 1.82) is 0 Å². The van der Waals surface area contributed by atoms with Crippen LogP contribution in [0.15, 0.2) is 35.8 Å². The first-order valence-electron chi connectivity index (χ1n) is 4.82. The van der Waals surface area contributed by atoms with Crippen LogP contribution in [0.4, 0.5) is 0 Å². The maximum Gasteiger partial charge on any atom is 0.291 e. The maximum absolute atomic E-state index is 11.6. The molecule has 2 rings (SSSR count). The standard InChI is InChI=1S/C11H12N2O2S/c1-15-12-11(14)10-5-2-6-13(10)8-9-4-3-7-16-9/h2-7H,8H2,1H3,(H,12,14). The Labute approximate surface area is 97.4 Å². The second-order valence-corrected chi connectivity index (χ2v) is 4.27. The molecule has 0 saturated heterocycles. The molecule has 4 nitrogen and oxygen atoms in total. The first-order valence-corrected chi connectivity index (χ1v) is 5.70. The summed E-state index contributed by atoms with van der Waals surface area (Å²) in [5, 5.41) is 2.02. The molecular formula is C11H12N2O2S. The van der Waals surface area contributed by atoms with Crippen LogP contribution in [0.1, 0.15) is 15.4 Å². The summed E-state index contributed by atoms with van der Waals surface area (Å²) in [5.41, 5.74) is 2.90. The van der Waals surface area contributed by atoms with E-state index >= 15 is 0 Å². The van der Waals surface area contributed by atoms with Crippen molar-refractivity contribution in [3.63, 3.8) is 0 Å². The lowest BCUT2D eigenvalue weighted by Gasteiger charge is -2.07. The Bertz CT molecular complexity index is 462. The number of carbonyl (C=O) groups excluding carboxylic acids is 1. The van der Waals surface area contributed by atoms with Gasteiger partial charge in [-0.3, -0.25) is 9.63 Å². The van der Waals surface area contributed by atoms with Crippen LogP contribution in [0, 0.1) is 0 Å². The van der Waals surface area contributed by atoms with E-state index in [0.29, 0.717) is 12.2 Å². The van der Waals surface area contributed by atoms with Crippen LogP contribution in [0.3, 0.4) is 0 Å². The van der Waals surface area contributed by atoms with Crippen LogP contribution in [0.2, 0.25) is 0 Å². The van der Waals surface area contributed by atoms with E-state index in [4.69, 9.17) is 0 Å². The summed E-state index contributed by atoms with van der Waals surface area (Å²) in [6.45, 7) is 0.705. The SMILES string of the molecule is CONC(=O)c1cccn1Cc1cccs1. The van der Waals surface area contributed by atoms with E-state index in [2.05, 4.69) is 10.3 Å². The van der Waals surface area contributed by atoms with Crippen LogP contribution < -0.4 is 5.48 Å². The monoisotopic (exact) mass is 236 g/mol.